The topological polar surface area (TPSA) is 73.1 Å². The monoisotopic (exact) mass is 313 g/mol. The van der Waals surface area contributed by atoms with Gasteiger partial charge in [0.05, 0.1) is 31.1 Å². The highest BCUT2D eigenvalue weighted by atomic mass is 16.5. The Morgan fingerprint density at radius 2 is 2.35 bits per heavy atom. The van der Waals surface area contributed by atoms with Gasteiger partial charge >= 0.3 is 0 Å². The zero-order chi connectivity index (χ0) is 15.6. The number of furan rings is 1. The van der Waals surface area contributed by atoms with E-state index >= 15 is 0 Å². The summed E-state index contributed by atoms with van der Waals surface area (Å²) in [7, 11) is 0. The first-order valence-corrected chi connectivity index (χ1v) is 7.86. The van der Waals surface area contributed by atoms with Crippen LogP contribution in [0.25, 0.3) is 11.4 Å². The van der Waals surface area contributed by atoms with E-state index in [9.17, 15) is 0 Å². The lowest BCUT2D eigenvalue weighted by atomic mass is 10.2. The van der Waals surface area contributed by atoms with Crippen LogP contribution < -0.4 is 0 Å². The van der Waals surface area contributed by atoms with E-state index in [0.717, 1.165) is 18.7 Å². The van der Waals surface area contributed by atoms with Gasteiger partial charge in [-0.1, -0.05) is 5.16 Å². The van der Waals surface area contributed by atoms with E-state index in [1.165, 1.54) is 18.4 Å². The molecule has 7 nitrogen and oxygen atoms in total. The Morgan fingerprint density at radius 1 is 1.39 bits per heavy atom. The van der Waals surface area contributed by atoms with Crippen LogP contribution in [0.3, 0.4) is 0 Å². The van der Waals surface area contributed by atoms with Gasteiger partial charge in [0.15, 0.2) is 0 Å². The van der Waals surface area contributed by atoms with Crippen molar-refractivity contribution in [3.8, 4) is 11.4 Å². The fourth-order valence-electron chi connectivity index (χ4n) is 3.09. The third kappa shape index (κ3) is 3.05. The lowest BCUT2D eigenvalue weighted by Crippen LogP contribution is -2.32. The number of hydrogen-bond donors (Lipinski definition) is 0. The summed E-state index contributed by atoms with van der Waals surface area (Å²) >= 11 is 0. The van der Waals surface area contributed by atoms with Crippen molar-refractivity contribution in [1.29, 1.82) is 0 Å². The summed E-state index contributed by atoms with van der Waals surface area (Å²) in [5, 5.41) is 8.41. The average Bonchev–Trinajstić information content (AvgIpc) is 3.29. The minimum absolute atomic E-state index is 0.457. The lowest BCUT2D eigenvalue weighted by molar-refractivity contribution is 0.192. The second-order valence-corrected chi connectivity index (χ2v) is 6.03. The highest BCUT2D eigenvalue weighted by molar-refractivity contribution is 5.51. The first-order valence-electron chi connectivity index (χ1n) is 7.86. The Balaban J connectivity index is 1.43. The molecular formula is C16H19N5O2. The molecule has 0 spiro atoms. The van der Waals surface area contributed by atoms with Crippen molar-refractivity contribution in [2.24, 2.45) is 0 Å². The number of likely N-dealkylation sites (tertiary alicyclic amines) is 1. The molecular weight excluding hydrogens is 294 g/mol. The van der Waals surface area contributed by atoms with Gasteiger partial charge in [-0.15, -0.1) is 0 Å². The van der Waals surface area contributed by atoms with Gasteiger partial charge in [-0.2, -0.15) is 10.1 Å². The van der Waals surface area contributed by atoms with Crippen molar-refractivity contribution >= 4 is 0 Å². The van der Waals surface area contributed by atoms with Gasteiger partial charge < -0.3 is 8.94 Å². The van der Waals surface area contributed by atoms with Crippen LogP contribution in [-0.2, 0) is 13.1 Å². The third-order valence-electron chi connectivity index (χ3n) is 4.25. The van der Waals surface area contributed by atoms with Crippen LogP contribution in [0.15, 0.2) is 39.9 Å². The molecule has 1 fully saturated rings. The Bertz CT molecular complexity index is 761. The summed E-state index contributed by atoms with van der Waals surface area (Å²) in [5.74, 6) is 1.22. The fourth-order valence-corrected chi connectivity index (χ4v) is 3.09. The molecule has 1 unspecified atom stereocenters. The molecule has 120 valence electrons. The molecule has 1 saturated heterocycles. The van der Waals surface area contributed by atoms with Gasteiger partial charge in [0.1, 0.15) is 6.26 Å². The molecule has 1 atom stereocenters. The molecule has 0 aliphatic carbocycles. The van der Waals surface area contributed by atoms with E-state index in [1.54, 1.807) is 12.5 Å². The third-order valence-corrected chi connectivity index (χ3v) is 4.25. The fraction of sp³-hybridized carbons (Fsp3) is 0.438. The molecule has 0 aromatic carbocycles. The summed E-state index contributed by atoms with van der Waals surface area (Å²) in [6.45, 7) is 4.69. The smallest absolute Gasteiger partial charge is 0.241 e. The molecule has 0 radical (unpaired) electrons. The minimum atomic E-state index is 0.457. The second-order valence-electron chi connectivity index (χ2n) is 6.03. The summed E-state index contributed by atoms with van der Waals surface area (Å²) in [6, 6.07) is 2.28. The molecule has 3 aromatic heterocycles. The molecule has 0 saturated carbocycles. The number of aryl methyl sites for hydroxylation is 1. The Hall–Kier alpha value is -2.41. The van der Waals surface area contributed by atoms with Gasteiger partial charge in [0.2, 0.25) is 11.7 Å². The first-order chi connectivity index (χ1) is 11.3. The summed E-state index contributed by atoms with van der Waals surface area (Å²) in [5.41, 5.74) is 2.03. The van der Waals surface area contributed by atoms with Crippen LogP contribution in [0.1, 0.15) is 24.3 Å². The van der Waals surface area contributed by atoms with Gasteiger partial charge in [-0.25, -0.2) is 0 Å². The van der Waals surface area contributed by atoms with Gasteiger partial charge in [-0.05, 0) is 37.9 Å². The van der Waals surface area contributed by atoms with Crippen molar-refractivity contribution in [2.45, 2.75) is 38.9 Å². The molecule has 4 rings (SSSR count). The van der Waals surface area contributed by atoms with E-state index in [2.05, 4.69) is 33.3 Å². The number of nitrogens with zero attached hydrogens (tertiary/aromatic N) is 5. The van der Waals surface area contributed by atoms with Crippen molar-refractivity contribution < 1.29 is 8.94 Å². The van der Waals surface area contributed by atoms with E-state index in [1.807, 2.05) is 16.9 Å². The van der Waals surface area contributed by atoms with Gasteiger partial charge in [-0.3, -0.25) is 9.58 Å². The van der Waals surface area contributed by atoms with E-state index in [-0.39, 0.29) is 0 Å². The number of aromatic nitrogens is 4. The normalized spacial score (nSPS) is 18.7. The maximum absolute atomic E-state index is 5.39. The Morgan fingerprint density at radius 3 is 3.13 bits per heavy atom. The number of rotatable bonds is 5. The van der Waals surface area contributed by atoms with E-state index in [0.29, 0.717) is 24.3 Å². The maximum Gasteiger partial charge on any atom is 0.241 e. The van der Waals surface area contributed by atoms with E-state index in [4.69, 9.17) is 8.94 Å². The molecule has 3 aromatic rings. The predicted octanol–water partition coefficient (Wildman–Crippen LogP) is 2.50. The van der Waals surface area contributed by atoms with Gasteiger partial charge in [0.25, 0.3) is 0 Å². The second kappa shape index (κ2) is 6.00. The van der Waals surface area contributed by atoms with Crippen molar-refractivity contribution in [2.75, 3.05) is 6.54 Å². The standard InChI is InChI=1S/C16H19N5O2/c1-12-7-17-21(8-12)9-14-3-2-5-20(14)10-15-18-16(19-23-15)13-4-6-22-11-13/h4,6-8,11,14H,2-3,5,9-10H2,1H3. The van der Waals surface area contributed by atoms with Crippen LogP contribution in [0.2, 0.25) is 0 Å². The average molecular weight is 313 g/mol. The molecule has 1 aliphatic heterocycles. The van der Waals surface area contributed by atoms with Gasteiger partial charge in [0, 0.05) is 12.2 Å². The molecule has 23 heavy (non-hydrogen) atoms. The highest BCUT2D eigenvalue weighted by Gasteiger charge is 2.27. The summed E-state index contributed by atoms with van der Waals surface area (Å²) in [4.78, 5) is 6.85. The van der Waals surface area contributed by atoms with Crippen LogP contribution >= 0.6 is 0 Å². The minimum Gasteiger partial charge on any atom is -0.472 e. The summed E-state index contributed by atoms with van der Waals surface area (Å²) < 4.78 is 12.5. The van der Waals surface area contributed by atoms with E-state index < -0.39 is 0 Å². The van der Waals surface area contributed by atoms with Crippen molar-refractivity contribution in [3.05, 3.63) is 42.4 Å². The van der Waals surface area contributed by atoms with Crippen LogP contribution in [0.5, 0.6) is 0 Å². The predicted molar refractivity (Wildman–Crippen MR) is 82.4 cm³/mol. The van der Waals surface area contributed by atoms with Crippen molar-refractivity contribution in [3.63, 3.8) is 0 Å². The largest absolute Gasteiger partial charge is 0.472 e. The zero-order valence-corrected chi connectivity index (χ0v) is 13.1. The molecule has 4 heterocycles. The van der Waals surface area contributed by atoms with Crippen LogP contribution in [-0.4, -0.2) is 37.4 Å². The molecule has 0 amide bonds. The van der Waals surface area contributed by atoms with Crippen molar-refractivity contribution in [1.82, 2.24) is 24.8 Å². The Labute approximate surface area is 133 Å². The first kappa shape index (κ1) is 14.2. The molecule has 1 aliphatic rings. The van der Waals surface area contributed by atoms with Crippen LogP contribution in [0.4, 0.5) is 0 Å². The highest BCUT2D eigenvalue weighted by Crippen LogP contribution is 2.22. The van der Waals surface area contributed by atoms with Crippen LogP contribution in [0, 0.1) is 6.92 Å². The molecule has 7 heteroatoms. The zero-order valence-electron chi connectivity index (χ0n) is 13.1. The molecule has 0 bridgehead atoms. The quantitative estimate of drug-likeness (QED) is 0.720. The summed E-state index contributed by atoms with van der Waals surface area (Å²) in [6.07, 6.45) is 9.56. The Kier molecular flexibility index (Phi) is 3.70. The maximum atomic E-state index is 5.39. The number of hydrogen-bond acceptors (Lipinski definition) is 6. The lowest BCUT2D eigenvalue weighted by Gasteiger charge is -2.22. The molecule has 0 N–H and O–H groups in total. The SMILES string of the molecule is Cc1cnn(CC2CCCN2Cc2nc(-c3ccoc3)no2)c1.